The third kappa shape index (κ3) is 7.97. The van der Waals surface area contributed by atoms with E-state index in [1.54, 1.807) is 13.0 Å². The molecule has 2 N–H and O–H groups in total. The van der Waals surface area contributed by atoms with Crippen LogP contribution in [0.2, 0.25) is 5.02 Å². The summed E-state index contributed by atoms with van der Waals surface area (Å²) in [6.45, 7) is 5.78. The summed E-state index contributed by atoms with van der Waals surface area (Å²) in [5.41, 5.74) is 2.87. The fourth-order valence-corrected chi connectivity index (χ4v) is 3.93. The third-order valence-electron chi connectivity index (χ3n) is 4.00. The first kappa shape index (κ1) is 24.7. The van der Waals surface area contributed by atoms with Crippen LogP contribution in [-0.2, 0) is 22.8 Å². The van der Waals surface area contributed by atoms with Crippen LogP contribution in [0.15, 0.2) is 52.4 Å². The van der Waals surface area contributed by atoms with E-state index in [2.05, 4.69) is 15.6 Å². The van der Waals surface area contributed by atoms with E-state index in [0.717, 1.165) is 47.2 Å². The number of sulfone groups is 1. The van der Waals surface area contributed by atoms with Crippen LogP contribution in [0, 0.1) is 6.92 Å². The van der Waals surface area contributed by atoms with E-state index in [-0.39, 0.29) is 24.0 Å². The zero-order valence-corrected chi connectivity index (χ0v) is 20.2. The smallest absolute Gasteiger partial charge is 0.191 e. The van der Waals surface area contributed by atoms with Crippen LogP contribution in [0.4, 0.5) is 0 Å². The molecule has 0 amide bonds. The monoisotopic (exact) mass is 535 g/mol. The Kier molecular flexibility index (Phi) is 10.3. The first-order chi connectivity index (χ1) is 12.8. The largest absolute Gasteiger partial charge is 0.357 e. The minimum absolute atomic E-state index is 0. The van der Waals surface area contributed by atoms with Gasteiger partial charge < -0.3 is 10.6 Å². The maximum absolute atomic E-state index is 11.7. The highest BCUT2D eigenvalue weighted by Gasteiger charge is 2.10. The number of aliphatic imine (C=N–C) groups is 1. The number of nitrogens with one attached hydrogen (secondary N) is 2. The summed E-state index contributed by atoms with van der Waals surface area (Å²) in [6, 6.07) is 13.1. The predicted octanol–water partition coefficient (Wildman–Crippen LogP) is 3.97. The quantitative estimate of drug-likeness (QED) is 0.320. The lowest BCUT2D eigenvalue weighted by molar-refractivity contribution is 0.601. The summed E-state index contributed by atoms with van der Waals surface area (Å²) in [6.07, 6.45) is 2.06. The average Bonchev–Trinajstić information content (AvgIpc) is 2.58. The maximum atomic E-state index is 11.7. The fraction of sp³-hybridized carbons (Fsp3) is 0.350. The highest BCUT2D eigenvalue weighted by Crippen LogP contribution is 2.17. The fourth-order valence-electron chi connectivity index (χ4n) is 2.76. The highest BCUT2D eigenvalue weighted by molar-refractivity contribution is 14.0. The molecule has 0 saturated heterocycles. The van der Waals surface area contributed by atoms with Gasteiger partial charge in [0.2, 0.25) is 0 Å². The Morgan fingerprint density at radius 3 is 2.46 bits per heavy atom. The number of nitrogens with zero attached hydrogens (tertiary/aromatic N) is 1. The molecule has 0 spiro atoms. The summed E-state index contributed by atoms with van der Waals surface area (Å²) in [5.74, 6) is 0.726. The number of halogens is 2. The van der Waals surface area contributed by atoms with E-state index >= 15 is 0 Å². The van der Waals surface area contributed by atoms with Crippen molar-refractivity contribution in [3.8, 4) is 0 Å². The molecule has 8 heteroatoms. The van der Waals surface area contributed by atoms with Crippen LogP contribution in [0.3, 0.4) is 0 Å². The Hall–Kier alpha value is -1.32. The van der Waals surface area contributed by atoms with Gasteiger partial charge in [-0.15, -0.1) is 24.0 Å². The lowest BCUT2D eigenvalue weighted by Crippen LogP contribution is -2.38. The summed E-state index contributed by atoms with van der Waals surface area (Å²) in [4.78, 5) is 4.95. The molecule has 2 aromatic rings. The molecule has 0 aliphatic rings. The number of benzene rings is 2. The van der Waals surface area contributed by atoms with Gasteiger partial charge in [0, 0.05) is 24.4 Å². The lowest BCUT2D eigenvalue weighted by atomic mass is 10.1. The minimum Gasteiger partial charge on any atom is -0.357 e. The van der Waals surface area contributed by atoms with Gasteiger partial charge in [-0.1, -0.05) is 35.9 Å². The summed E-state index contributed by atoms with van der Waals surface area (Å²) in [5, 5.41) is 7.26. The molecule has 0 saturated carbocycles. The van der Waals surface area contributed by atoms with Crippen molar-refractivity contribution in [2.75, 3.05) is 19.3 Å². The highest BCUT2D eigenvalue weighted by atomic mass is 127. The standard InChI is InChI=1S/C20H26ClN3O2S.HI/c1-4-22-20(23-11-10-16-6-5-7-18(21)13-16)24-14-17-8-9-19(15(2)12-17)27(3,25)26;/h5-9,12-13H,4,10-11,14H2,1-3H3,(H2,22,23,24);1H. The number of hydrogen-bond donors (Lipinski definition) is 2. The van der Waals surface area contributed by atoms with Crippen molar-refractivity contribution in [2.45, 2.75) is 31.7 Å². The molecule has 0 atom stereocenters. The number of rotatable bonds is 7. The molecule has 0 bridgehead atoms. The molecule has 2 rings (SSSR count). The molecule has 0 unspecified atom stereocenters. The van der Waals surface area contributed by atoms with Crippen molar-refractivity contribution >= 4 is 51.4 Å². The zero-order chi connectivity index (χ0) is 19.9. The van der Waals surface area contributed by atoms with Crippen LogP contribution in [-0.4, -0.2) is 33.7 Å². The van der Waals surface area contributed by atoms with Crippen molar-refractivity contribution in [1.29, 1.82) is 0 Å². The first-order valence-electron chi connectivity index (χ1n) is 8.86. The Morgan fingerprint density at radius 2 is 1.86 bits per heavy atom. The third-order valence-corrected chi connectivity index (χ3v) is 5.49. The van der Waals surface area contributed by atoms with E-state index in [1.807, 2.05) is 43.3 Å². The van der Waals surface area contributed by atoms with Gasteiger partial charge in [-0.05, 0) is 55.2 Å². The van der Waals surface area contributed by atoms with E-state index < -0.39 is 9.84 Å². The summed E-state index contributed by atoms with van der Waals surface area (Å²) in [7, 11) is -3.20. The van der Waals surface area contributed by atoms with E-state index in [9.17, 15) is 8.42 Å². The number of hydrogen-bond acceptors (Lipinski definition) is 3. The van der Waals surface area contributed by atoms with Gasteiger partial charge in [-0.2, -0.15) is 0 Å². The number of guanidine groups is 1. The summed E-state index contributed by atoms with van der Waals surface area (Å²) < 4.78 is 23.4. The molecule has 2 aromatic carbocycles. The molecule has 0 aliphatic heterocycles. The maximum Gasteiger partial charge on any atom is 0.191 e. The van der Waals surface area contributed by atoms with Crippen LogP contribution in [0.25, 0.3) is 0 Å². The normalized spacial score (nSPS) is 11.6. The van der Waals surface area contributed by atoms with E-state index in [0.29, 0.717) is 11.4 Å². The van der Waals surface area contributed by atoms with Gasteiger partial charge >= 0.3 is 0 Å². The van der Waals surface area contributed by atoms with Crippen molar-refractivity contribution in [3.05, 3.63) is 64.2 Å². The second kappa shape index (κ2) is 11.6. The van der Waals surface area contributed by atoms with Crippen LogP contribution < -0.4 is 10.6 Å². The summed E-state index contributed by atoms with van der Waals surface area (Å²) >= 11 is 6.01. The van der Waals surface area contributed by atoms with Crippen molar-refractivity contribution < 1.29 is 8.42 Å². The van der Waals surface area contributed by atoms with Gasteiger partial charge in [-0.3, -0.25) is 0 Å². The topological polar surface area (TPSA) is 70.6 Å². The minimum atomic E-state index is -3.20. The van der Waals surface area contributed by atoms with Gasteiger partial charge in [0.25, 0.3) is 0 Å². The van der Waals surface area contributed by atoms with Crippen molar-refractivity contribution in [1.82, 2.24) is 10.6 Å². The SMILES string of the molecule is CCNC(=NCc1ccc(S(C)(=O)=O)c(C)c1)NCCc1cccc(Cl)c1.I. The average molecular weight is 536 g/mol. The van der Waals surface area contributed by atoms with Crippen LogP contribution in [0.5, 0.6) is 0 Å². The van der Waals surface area contributed by atoms with Gasteiger partial charge in [0.15, 0.2) is 15.8 Å². The lowest BCUT2D eigenvalue weighted by Gasteiger charge is -2.12. The van der Waals surface area contributed by atoms with Gasteiger partial charge in [0.05, 0.1) is 11.4 Å². The Morgan fingerprint density at radius 1 is 1.11 bits per heavy atom. The molecular formula is C20H27ClIN3O2S. The van der Waals surface area contributed by atoms with Crippen LogP contribution >= 0.6 is 35.6 Å². The van der Waals surface area contributed by atoms with Gasteiger partial charge in [-0.25, -0.2) is 13.4 Å². The zero-order valence-electron chi connectivity index (χ0n) is 16.3. The number of aryl methyl sites for hydroxylation is 1. The van der Waals surface area contributed by atoms with Gasteiger partial charge in [0.1, 0.15) is 0 Å². The first-order valence-corrected chi connectivity index (χ1v) is 11.1. The molecule has 0 heterocycles. The van der Waals surface area contributed by atoms with E-state index in [4.69, 9.17) is 11.6 Å². The molecule has 0 fully saturated rings. The molecule has 0 aromatic heterocycles. The Bertz CT molecular complexity index is 917. The van der Waals surface area contributed by atoms with Crippen molar-refractivity contribution in [2.24, 2.45) is 4.99 Å². The van der Waals surface area contributed by atoms with Crippen LogP contribution in [0.1, 0.15) is 23.6 Å². The molecule has 0 radical (unpaired) electrons. The molecule has 5 nitrogen and oxygen atoms in total. The molecule has 28 heavy (non-hydrogen) atoms. The second-order valence-corrected chi connectivity index (χ2v) is 8.79. The second-order valence-electron chi connectivity index (χ2n) is 6.37. The Labute approximate surface area is 189 Å². The predicted molar refractivity (Wildman–Crippen MR) is 128 cm³/mol. The molecule has 0 aliphatic carbocycles. The molecular weight excluding hydrogens is 509 g/mol. The Balaban J connectivity index is 0.00000392. The van der Waals surface area contributed by atoms with Crippen molar-refractivity contribution in [3.63, 3.8) is 0 Å². The molecule has 154 valence electrons. The van der Waals surface area contributed by atoms with E-state index in [1.165, 1.54) is 6.26 Å².